The normalized spacial score (nSPS) is 12.8. The van der Waals surface area contributed by atoms with E-state index in [4.69, 9.17) is 13.3 Å². The number of nitrogens with zero attached hydrogens (tertiary/aromatic N) is 2. The molecule has 26 rings (SSSR count). The third-order valence-electron chi connectivity index (χ3n) is 26.7. The van der Waals surface area contributed by atoms with Gasteiger partial charge in [-0.1, -0.05) is 352 Å². The molecule has 0 aliphatic heterocycles. The van der Waals surface area contributed by atoms with Crippen molar-refractivity contribution in [1.82, 2.24) is 0 Å². The van der Waals surface area contributed by atoms with Crippen LogP contribution in [0.2, 0.25) is 0 Å². The molecule has 2 aliphatic carbocycles. The lowest BCUT2D eigenvalue weighted by Gasteiger charge is -2.34. The van der Waals surface area contributed by atoms with E-state index < -0.39 is 10.8 Å². The van der Waals surface area contributed by atoms with Crippen LogP contribution < -0.4 is 9.80 Å². The molecule has 600 valence electrons. The van der Waals surface area contributed by atoms with Crippen molar-refractivity contribution in [2.45, 2.75) is 10.8 Å². The van der Waals surface area contributed by atoms with Crippen molar-refractivity contribution in [3.63, 3.8) is 0 Å². The molecule has 20 aromatic carbocycles. The molecule has 0 saturated heterocycles. The molecular weight excluding hydrogens is 1570 g/mol. The molecule has 4 heterocycles. The van der Waals surface area contributed by atoms with Gasteiger partial charge >= 0.3 is 0 Å². The Kier molecular flexibility index (Phi) is 17.6. The Bertz CT molecular complexity index is 7860. The lowest BCUT2D eigenvalue weighted by atomic mass is 9.68. The quantitative estimate of drug-likeness (QED) is 0.109. The first kappa shape index (κ1) is 74.3. The minimum atomic E-state index is -0.479. The van der Waals surface area contributed by atoms with Gasteiger partial charge in [0.15, 0.2) is 0 Å². The molecule has 5 nitrogen and oxygen atoms in total. The fraction of sp³-hybridized carbons (Fsp3) is 0.0164. The van der Waals surface area contributed by atoms with Gasteiger partial charge in [-0.25, -0.2) is 0 Å². The molecule has 128 heavy (non-hydrogen) atoms. The SMILES string of the molecule is c1ccc(C2(c3ccc(N(c4ccc(-c5cccc6c5oc5ccccc56)cc4)c4cccc(-c5ccc6oc7ccccc7c6c5)c4)cc3)c3ccccc3-c3ccccc32)cc1.c1ccc(C2(c3ccc(N(c4ccc(-c5cccc6c5oc5ccccc56)cc4)c4cccc(-c5ccc6sc7ccccc7c6c5)c4)cc3)c3ccccc3-c3ccccc32)cc1. The third-order valence-corrected chi connectivity index (χ3v) is 27.9. The van der Waals surface area contributed by atoms with E-state index >= 15 is 0 Å². The van der Waals surface area contributed by atoms with Crippen LogP contribution in [0.4, 0.5) is 34.1 Å². The number of para-hydroxylation sites is 5. The summed E-state index contributed by atoms with van der Waals surface area (Å²) in [6.45, 7) is 0. The molecule has 2 aliphatic rings. The molecule has 0 N–H and O–H groups in total. The third kappa shape index (κ3) is 11.9. The second-order valence-corrected chi connectivity index (χ2v) is 34.6. The number of fused-ring (bicyclic) bond motifs is 18. The average molecular weight is 1650 g/mol. The molecule has 0 atom stereocenters. The van der Waals surface area contributed by atoms with Crippen molar-refractivity contribution < 1.29 is 13.3 Å². The fourth-order valence-corrected chi connectivity index (χ4v) is 22.1. The molecule has 6 heteroatoms. The lowest BCUT2D eigenvalue weighted by Crippen LogP contribution is -2.28. The van der Waals surface area contributed by atoms with E-state index in [1.165, 1.54) is 98.1 Å². The number of hydrogen-bond acceptors (Lipinski definition) is 6. The van der Waals surface area contributed by atoms with Crippen LogP contribution >= 0.6 is 11.3 Å². The van der Waals surface area contributed by atoms with E-state index in [-0.39, 0.29) is 0 Å². The summed E-state index contributed by atoms with van der Waals surface area (Å²) in [5.41, 5.74) is 35.2. The second kappa shape index (κ2) is 30.3. The summed E-state index contributed by atoms with van der Waals surface area (Å²) in [5, 5.41) is 9.36. The number of thiophene rings is 1. The van der Waals surface area contributed by atoms with Crippen LogP contribution in [0.25, 0.3) is 153 Å². The molecular formula is C122H78N2O3S. The Morgan fingerprint density at radius 2 is 0.477 bits per heavy atom. The van der Waals surface area contributed by atoms with E-state index in [1.54, 1.807) is 0 Å². The van der Waals surface area contributed by atoms with Crippen molar-refractivity contribution in [1.29, 1.82) is 0 Å². The maximum absolute atomic E-state index is 6.48. The Morgan fingerprint density at radius 3 is 0.930 bits per heavy atom. The molecule has 24 aromatic rings. The summed E-state index contributed by atoms with van der Waals surface area (Å²) in [6, 6.07) is 172. The predicted molar refractivity (Wildman–Crippen MR) is 533 cm³/mol. The van der Waals surface area contributed by atoms with E-state index in [0.717, 1.165) is 133 Å². The van der Waals surface area contributed by atoms with Crippen LogP contribution in [0.3, 0.4) is 0 Å². The summed E-state index contributed by atoms with van der Waals surface area (Å²) >= 11 is 1.86. The molecule has 4 aromatic heterocycles. The minimum Gasteiger partial charge on any atom is -0.456 e. The summed E-state index contributed by atoms with van der Waals surface area (Å²) in [5.74, 6) is 0. The zero-order valence-electron chi connectivity index (χ0n) is 69.6. The molecule has 0 fully saturated rings. The summed E-state index contributed by atoms with van der Waals surface area (Å²) < 4.78 is 21.8. The highest BCUT2D eigenvalue weighted by atomic mass is 32.1. The van der Waals surface area contributed by atoms with Gasteiger partial charge in [-0.15, -0.1) is 11.3 Å². The number of hydrogen-bond donors (Lipinski definition) is 0. The van der Waals surface area contributed by atoms with Gasteiger partial charge in [0.25, 0.3) is 0 Å². The minimum absolute atomic E-state index is 0.471. The van der Waals surface area contributed by atoms with Gasteiger partial charge in [-0.2, -0.15) is 0 Å². The Hall–Kier alpha value is -16.4. The van der Waals surface area contributed by atoms with Gasteiger partial charge in [0, 0.05) is 97.7 Å². The fourth-order valence-electron chi connectivity index (χ4n) is 21.0. The van der Waals surface area contributed by atoms with E-state index in [0.29, 0.717) is 0 Å². The Labute approximate surface area is 744 Å². The smallest absolute Gasteiger partial charge is 0.143 e. The van der Waals surface area contributed by atoms with Crippen molar-refractivity contribution in [3.8, 4) is 66.8 Å². The average Bonchev–Trinajstić information content (AvgIpc) is 1.55. The van der Waals surface area contributed by atoms with Crippen LogP contribution in [0.15, 0.2) is 486 Å². The Morgan fingerprint density at radius 1 is 0.172 bits per heavy atom. The van der Waals surface area contributed by atoms with Crippen LogP contribution in [-0.4, -0.2) is 0 Å². The Balaban J connectivity index is 0.000000139. The van der Waals surface area contributed by atoms with Crippen LogP contribution in [0.5, 0.6) is 0 Å². The van der Waals surface area contributed by atoms with Gasteiger partial charge < -0.3 is 23.1 Å². The van der Waals surface area contributed by atoms with Crippen molar-refractivity contribution >= 4 is 131 Å². The van der Waals surface area contributed by atoms with Gasteiger partial charge in [-0.05, 0) is 221 Å². The van der Waals surface area contributed by atoms with E-state index in [9.17, 15) is 0 Å². The lowest BCUT2D eigenvalue weighted by molar-refractivity contribution is 0.669. The second-order valence-electron chi connectivity index (χ2n) is 33.6. The maximum Gasteiger partial charge on any atom is 0.143 e. The summed E-state index contributed by atoms with van der Waals surface area (Å²) in [7, 11) is 0. The first-order valence-corrected chi connectivity index (χ1v) is 44.6. The largest absolute Gasteiger partial charge is 0.456 e. The zero-order valence-corrected chi connectivity index (χ0v) is 70.4. The van der Waals surface area contributed by atoms with Crippen molar-refractivity contribution in [2.24, 2.45) is 0 Å². The van der Waals surface area contributed by atoms with Gasteiger partial charge in [-0.3, -0.25) is 0 Å². The number of rotatable bonds is 14. The first-order valence-electron chi connectivity index (χ1n) is 43.8. The van der Waals surface area contributed by atoms with Crippen LogP contribution in [-0.2, 0) is 10.8 Å². The zero-order chi connectivity index (χ0) is 84.4. The first-order chi connectivity index (χ1) is 63.4. The van der Waals surface area contributed by atoms with Crippen LogP contribution in [0, 0.1) is 0 Å². The number of furan rings is 3. The molecule has 0 bridgehead atoms. The van der Waals surface area contributed by atoms with Gasteiger partial charge in [0.2, 0.25) is 0 Å². The maximum atomic E-state index is 6.48. The molecule has 0 radical (unpaired) electrons. The monoisotopic (exact) mass is 1650 g/mol. The standard InChI is InChI=1S/C61H39NO2.C61H39NOS/c1-2-15-43(16-3-1)61(55-24-8-4-18-49(55)50-19-5-9-25-56(50)61)44-31-35-46(36-32-44)62(45-33-28-40(29-34-45)48-22-13-23-53-51-20-6-11-27-58(51)64-60(48)53)47-17-12-14-41(38-47)42-30-37-59-54(39-42)52-21-7-10-26-57(52)63-59;1-2-15-43(16-3-1)61(55-24-8-4-18-49(55)50-19-5-9-25-56(50)61)44-31-35-46(36-32-44)62(45-33-28-40(29-34-45)48-22-13-23-53-51-20-6-10-26-57(51)63-60(48)53)47-17-12-14-41(38-47)42-30-37-59-54(39-42)52-21-7-11-27-58(52)64-59/h2*1-39H. The van der Waals surface area contributed by atoms with Crippen LogP contribution in [0.1, 0.15) is 44.5 Å². The van der Waals surface area contributed by atoms with Crippen molar-refractivity contribution in [3.05, 3.63) is 518 Å². The molecule has 0 unspecified atom stereocenters. The summed E-state index contributed by atoms with van der Waals surface area (Å²) in [6.07, 6.45) is 0. The van der Waals surface area contributed by atoms with Gasteiger partial charge in [0.1, 0.15) is 33.5 Å². The highest BCUT2D eigenvalue weighted by Gasteiger charge is 2.48. The van der Waals surface area contributed by atoms with E-state index in [2.05, 4.69) is 447 Å². The van der Waals surface area contributed by atoms with Crippen molar-refractivity contribution in [2.75, 3.05) is 9.80 Å². The molecule has 0 spiro atoms. The predicted octanol–water partition coefficient (Wildman–Crippen LogP) is 33.8. The molecule has 0 amide bonds. The topological polar surface area (TPSA) is 45.9 Å². The number of anilines is 6. The number of benzene rings is 20. The van der Waals surface area contributed by atoms with E-state index in [1.807, 2.05) is 47.7 Å². The highest BCUT2D eigenvalue weighted by molar-refractivity contribution is 7.25. The summed E-state index contributed by atoms with van der Waals surface area (Å²) in [4.78, 5) is 4.76. The molecule has 0 saturated carbocycles. The van der Waals surface area contributed by atoms with Gasteiger partial charge in [0.05, 0.1) is 10.8 Å². The highest BCUT2D eigenvalue weighted by Crippen LogP contribution is 2.59.